The Kier molecular flexibility index (Phi) is 4.62. The Morgan fingerprint density at radius 1 is 1.17 bits per heavy atom. The summed E-state index contributed by atoms with van der Waals surface area (Å²) in [6, 6.07) is 14.4. The minimum Gasteiger partial charge on any atom is -0.340 e. The molecule has 0 bridgehead atoms. The number of carbonyl (C=O) groups is 1. The molecule has 0 atom stereocenters. The van der Waals surface area contributed by atoms with Gasteiger partial charge in [-0.25, -0.2) is 4.98 Å². The van der Waals surface area contributed by atoms with Crippen LogP contribution in [0.15, 0.2) is 59.7 Å². The van der Waals surface area contributed by atoms with E-state index < -0.39 is 0 Å². The largest absolute Gasteiger partial charge is 0.340 e. The van der Waals surface area contributed by atoms with Crippen LogP contribution in [0.25, 0.3) is 10.9 Å². The summed E-state index contributed by atoms with van der Waals surface area (Å²) >= 11 is 6.12. The summed E-state index contributed by atoms with van der Waals surface area (Å²) in [7, 11) is 1.69. The van der Waals surface area contributed by atoms with E-state index in [1.54, 1.807) is 36.2 Å². The van der Waals surface area contributed by atoms with Crippen molar-refractivity contribution < 1.29 is 4.79 Å². The standard InChI is InChI=1S/C18H16ClN3O2/c1-21(10-13-6-2-4-8-15(13)19)17(23)11-22-12-20-16-9-5-3-7-14(16)18(22)24/h2-9,12H,10-11H2,1H3. The predicted molar refractivity (Wildman–Crippen MR) is 93.9 cm³/mol. The third-order valence-corrected chi connectivity index (χ3v) is 4.20. The second kappa shape index (κ2) is 6.84. The van der Waals surface area contributed by atoms with Gasteiger partial charge < -0.3 is 4.90 Å². The average Bonchev–Trinajstić information content (AvgIpc) is 2.59. The van der Waals surface area contributed by atoms with Crippen molar-refractivity contribution in [2.75, 3.05) is 7.05 Å². The highest BCUT2D eigenvalue weighted by molar-refractivity contribution is 6.31. The van der Waals surface area contributed by atoms with Crippen LogP contribution in [0, 0.1) is 0 Å². The molecule has 2 aromatic carbocycles. The molecule has 0 radical (unpaired) electrons. The smallest absolute Gasteiger partial charge is 0.261 e. The molecule has 122 valence electrons. The van der Waals surface area contributed by atoms with Crippen molar-refractivity contribution in [1.29, 1.82) is 0 Å². The lowest BCUT2D eigenvalue weighted by Gasteiger charge is -2.18. The molecule has 0 spiro atoms. The SMILES string of the molecule is CN(Cc1ccccc1Cl)C(=O)Cn1cnc2ccccc2c1=O. The van der Waals surface area contributed by atoms with Gasteiger partial charge in [0.2, 0.25) is 5.91 Å². The van der Waals surface area contributed by atoms with Gasteiger partial charge in [0.1, 0.15) is 6.54 Å². The number of para-hydroxylation sites is 1. The van der Waals surface area contributed by atoms with Gasteiger partial charge >= 0.3 is 0 Å². The molecule has 3 rings (SSSR count). The normalized spacial score (nSPS) is 10.8. The van der Waals surface area contributed by atoms with Crippen LogP contribution in [0.2, 0.25) is 5.02 Å². The van der Waals surface area contributed by atoms with Crippen LogP contribution in [-0.4, -0.2) is 27.4 Å². The first-order valence-corrected chi connectivity index (χ1v) is 7.85. The lowest BCUT2D eigenvalue weighted by molar-refractivity contribution is -0.131. The van der Waals surface area contributed by atoms with Crippen molar-refractivity contribution in [3.8, 4) is 0 Å². The number of likely N-dealkylation sites (N-methyl/N-ethyl adjacent to an activating group) is 1. The van der Waals surface area contributed by atoms with Gasteiger partial charge in [-0.15, -0.1) is 0 Å². The van der Waals surface area contributed by atoms with E-state index in [0.29, 0.717) is 22.5 Å². The molecule has 1 aromatic heterocycles. The maximum absolute atomic E-state index is 12.4. The quantitative estimate of drug-likeness (QED) is 0.733. The van der Waals surface area contributed by atoms with Gasteiger partial charge in [-0.3, -0.25) is 14.2 Å². The van der Waals surface area contributed by atoms with E-state index in [-0.39, 0.29) is 18.0 Å². The summed E-state index contributed by atoms with van der Waals surface area (Å²) in [6.07, 6.45) is 1.41. The van der Waals surface area contributed by atoms with Gasteiger partial charge in [-0.05, 0) is 23.8 Å². The van der Waals surface area contributed by atoms with Crippen molar-refractivity contribution in [3.63, 3.8) is 0 Å². The number of amides is 1. The molecule has 0 aliphatic rings. The van der Waals surface area contributed by atoms with Gasteiger partial charge in [-0.2, -0.15) is 0 Å². The van der Waals surface area contributed by atoms with Crippen LogP contribution < -0.4 is 5.56 Å². The first kappa shape index (κ1) is 16.2. The van der Waals surface area contributed by atoms with Crippen LogP contribution in [0.4, 0.5) is 0 Å². The summed E-state index contributed by atoms with van der Waals surface area (Å²) in [5, 5.41) is 1.11. The summed E-state index contributed by atoms with van der Waals surface area (Å²) < 4.78 is 1.33. The van der Waals surface area contributed by atoms with Gasteiger partial charge in [-0.1, -0.05) is 41.9 Å². The molecule has 0 fully saturated rings. The third kappa shape index (κ3) is 3.31. The molecule has 0 saturated heterocycles. The molecule has 3 aromatic rings. The van der Waals surface area contributed by atoms with Crippen molar-refractivity contribution in [2.24, 2.45) is 0 Å². The summed E-state index contributed by atoms with van der Waals surface area (Å²) in [5.74, 6) is -0.186. The molecular weight excluding hydrogens is 326 g/mol. The number of hydrogen-bond donors (Lipinski definition) is 0. The van der Waals surface area contributed by atoms with Crippen LogP contribution in [-0.2, 0) is 17.9 Å². The molecule has 5 nitrogen and oxygen atoms in total. The molecular formula is C18H16ClN3O2. The highest BCUT2D eigenvalue weighted by atomic mass is 35.5. The van der Waals surface area contributed by atoms with E-state index in [4.69, 9.17) is 11.6 Å². The number of rotatable bonds is 4. The fourth-order valence-electron chi connectivity index (χ4n) is 2.46. The second-order valence-electron chi connectivity index (χ2n) is 5.54. The zero-order chi connectivity index (χ0) is 17.1. The van der Waals surface area contributed by atoms with Gasteiger partial charge in [0.25, 0.3) is 5.56 Å². The predicted octanol–water partition coefficient (Wildman–Crippen LogP) is 2.71. The Hall–Kier alpha value is -2.66. The molecule has 0 N–H and O–H groups in total. The third-order valence-electron chi connectivity index (χ3n) is 3.83. The van der Waals surface area contributed by atoms with Crippen LogP contribution in [0.3, 0.4) is 0 Å². The minimum atomic E-state index is -0.222. The van der Waals surface area contributed by atoms with E-state index in [0.717, 1.165) is 5.56 Å². The van der Waals surface area contributed by atoms with Crippen LogP contribution >= 0.6 is 11.6 Å². The van der Waals surface area contributed by atoms with Gasteiger partial charge in [0.15, 0.2) is 0 Å². The number of halogens is 1. The average molecular weight is 342 g/mol. The Bertz CT molecular complexity index is 952. The minimum absolute atomic E-state index is 0.0579. The summed E-state index contributed by atoms with van der Waals surface area (Å²) in [6.45, 7) is 0.325. The molecule has 6 heteroatoms. The maximum Gasteiger partial charge on any atom is 0.261 e. The van der Waals surface area contributed by atoms with Crippen molar-refractivity contribution >= 4 is 28.4 Å². The number of nitrogens with zero attached hydrogens (tertiary/aromatic N) is 3. The van der Waals surface area contributed by atoms with Crippen LogP contribution in [0.5, 0.6) is 0 Å². The zero-order valence-electron chi connectivity index (χ0n) is 13.1. The van der Waals surface area contributed by atoms with E-state index in [9.17, 15) is 9.59 Å². The number of fused-ring (bicyclic) bond motifs is 1. The Labute approximate surface area is 144 Å². The maximum atomic E-state index is 12.4. The second-order valence-corrected chi connectivity index (χ2v) is 5.94. The lowest BCUT2D eigenvalue weighted by atomic mass is 10.2. The van der Waals surface area contributed by atoms with Crippen molar-refractivity contribution in [1.82, 2.24) is 14.5 Å². The molecule has 0 aliphatic carbocycles. The van der Waals surface area contributed by atoms with Crippen molar-refractivity contribution in [2.45, 2.75) is 13.1 Å². The summed E-state index contributed by atoms with van der Waals surface area (Å²) in [4.78, 5) is 30.6. The molecule has 0 aliphatic heterocycles. The van der Waals surface area contributed by atoms with E-state index >= 15 is 0 Å². The Morgan fingerprint density at radius 3 is 2.67 bits per heavy atom. The fourth-order valence-corrected chi connectivity index (χ4v) is 2.65. The number of hydrogen-bond acceptors (Lipinski definition) is 3. The van der Waals surface area contributed by atoms with Crippen LogP contribution in [0.1, 0.15) is 5.56 Å². The number of carbonyl (C=O) groups excluding carboxylic acids is 1. The number of aromatic nitrogens is 2. The topological polar surface area (TPSA) is 55.2 Å². The first-order chi connectivity index (χ1) is 11.6. The fraction of sp³-hybridized carbons (Fsp3) is 0.167. The van der Waals surface area contributed by atoms with Gasteiger partial charge in [0, 0.05) is 18.6 Å². The highest BCUT2D eigenvalue weighted by Crippen LogP contribution is 2.16. The van der Waals surface area contributed by atoms with E-state index in [1.165, 1.54) is 10.9 Å². The molecule has 0 unspecified atom stereocenters. The van der Waals surface area contributed by atoms with Gasteiger partial charge in [0.05, 0.1) is 17.2 Å². The Morgan fingerprint density at radius 2 is 1.88 bits per heavy atom. The van der Waals surface area contributed by atoms with E-state index in [2.05, 4.69) is 4.98 Å². The summed E-state index contributed by atoms with van der Waals surface area (Å²) in [5.41, 5.74) is 1.26. The molecule has 24 heavy (non-hydrogen) atoms. The van der Waals surface area contributed by atoms with Crippen molar-refractivity contribution in [3.05, 3.63) is 75.8 Å². The molecule has 1 heterocycles. The molecule has 1 amide bonds. The molecule has 0 saturated carbocycles. The lowest BCUT2D eigenvalue weighted by Crippen LogP contribution is -2.33. The first-order valence-electron chi connectivity index (χ1n) is 7.48. The highest BCUT2D eigenvalue weighted by Gasteiger charge is 2.13. The zero-order valence-corrected chi connectivity index (χ0v) is 13.9. The van der Waals surface area contributed by atoms with E-state index in [1.807, 2.05) is 24.3 Å². The number of benzene rings is 2. The monoisotopic (exact) mass is 341 g/mol. The Balaban J connectivity index is 1.78.